The minimum absolute atomic E-state index is 0.0548. The van der Waals surface area contributed by atoms with Crippen molar-refractivity contribution in [3.05, 3.63) is 57.3 Å². The summed E-state index contributed by atoms with van der Waals surface area (Å²) in [5, 5.41) is 13.4. The van der Waals surface area contributed by atoms with Crippen LogP contribution in [0.1, 0.15) is 10.6 Å². The molecule has 1 aromatic heterocycles. The van der Waals surface area contributed by atoms with Crippen molar-refractivity contribution in [1.29, 1.82) is 0 Å². The van der Waals surface area contributed by atoms with Crippen molar-refractivity contribution < 1.29 is 18.9 Å². The molecule has 0 atom stereocenters. The van der Waals surface area contributed by atoms with E-state index in [1.165, 1.54) is 6.07 Å². The first-order chi connectivity index (χ1) is 11.1. The highest BCUT2D eigenvalue weighted by Crippen LogP contribution is 2.22. The Bertz CT molecular complexity index is 775. The molecule has 8 heteroatoms. The van der Waals surface area contributed by atoms with Gasteiger partial charge in [-0.15, -0.1) is 0 Å². The van der Waals surface area contributed by atoms with Crippen molar-refractivity contribution in [3.8, 4) is 17.6 Å². The highest BCUT2D eigenvalue weighted by Gasteiger charge is 2.16. The summed E-state index contributed by atoms with van der Waals surface area (Å²) < 4.78 is 10.1. The third-order valence-corrected chi connectivity index (χ3v) is 2.91. The Hall–Kier alpha value is -2.98. The topological polar surface area (TPSA) is 94.6 Å². The molecular formula is C15H11ClN2O5. The molecule has 2 rings (SSSR count). The van der Waals surface area contributed by atoms with E-state index in [4.69, 9.17) is 20.8 Å². The minimum Gasteiger partial charge on any atom is -0.479 e. The van der Waals surface area contributed by atoms with Crippen LogP contribution < -0.4 is 10.1 Å². The Balaban J connectivity index is 1.75. The number of nitrogens with zero attached hydrogens (tertiary/aromatic N) is 1. The number of nitro groups is 1. The van der Waals surface area contributed by atoms with E-state index in [2.05, 4.69) is 17.2 Å². The van der Waals surface area contributed by atoms with Gasteiger partial charge in [-0.1, -0.05) is 35.6 Å². The van der Waals surface area contributed by atoms with Gasteiger partial charge in [-0.05, 0) is 18.2 Å². The monoisotopic (exact) mass is 334 g/mol. The Labute approximate surface area is 136 Å². The largest absolute Gasteiger partial charge is 0.479 e. The predicted molar refractivity (Wildman–Crippen MR) is 82.4 cm³/mol. The first-order valence-corrected chi connectivity index (χ1v) is 6.81. The molecule has 7 nitrogen and oxygen atoms in total. The van der Waals surface area contributed by atoms with Crippen LogP contribution in [0.25, 0.3) is 0 Å². The van der Waals surface area contributed by atoms with Crippen molar-refractivity contribution in [3.63, 3.8) is 0 Å². The normalized spacial score (nSPS) is 9.61. The number of carbonyl (C=O) groups is 1. The number of nitrogens with one attached hydrogen (secondary N) is 1. The van der Waals surface area contributed by atoms with Gasteiger partial charge in [0.25, 0.3) is 5.91 Å². The van der Waals surface area contributed by atoms with Crippen LogP contribution in [0, 0.1) is 22.0 Å². The maximum absolute atomic E-state index is 11.6. The van der Waals surface area contributed by atoms with Crippen LogP contribution in [0.4, 0.5) is 5.88 Å². The highest BCUT2D eigenvalue weighted by molar-refractivity contribution is 6.32. The number of carbonyl (C=O) groups excluding carboxylic acids is 1. The number of furan rings is 1. The quantitative estimate of drug-likeness (QED) is 0.515. The van der Waals surface area contributed by atoms with Crippen molar-refractivity contribution in [2.24, 2.45) is 0 Å². The first kappa shape index (κ1) is 16.4. The molecule has 0 aliphatic rings. The lowest BCUT2D eigenvalue weighted by atomic mass is 10.3. The van der Waals surface area contributed by atoms with Gasteiger partial charge in [0.15, 0.2) is 5.76 Å². The molecule has 0 radical (unpaired) electrons. The van der Waals surface area contributed by atoms with Crippen molar-refractivity contribution in [2.75, 3.05) is 13.2 Å². The van der Waals surface area contributed by atoms with E-state index < -0.39 is 16.7 Å². The fourth-order valence-electron chi connectivity index (χ4n) is 1.55. The molecule has 0 fully saturated rings. The zero-order valence-electron chi connectivity index (χ0n) is 11.7. The average molecular weight is 335 g/mol. The fourth-order valence-corrected chi connectivity index (χ4v) is 1.74. The summed E-state index contributed by atoms with van der Waals surface area (Å²) in [6, 6.07) is 9.33. The second-order valence-corrected chi connectivity index (χ2v) is 4.56. The Morgan fingerprint density at radius 1 is 1.30 bits per heavy atom. The van der Waals surface area contributed by atoms with Gasteiger partial charge in [0.1, 0.15) is 17.3 Å². The number of para-hydroxylation sites is 1. The van der Waals surface area contributed by atoms with Crippen LogP contribution in [0.5, 0.6) is 5.75 Å². The van der Waals surface area contributed by atoms with E-state index in [9.17, 15) is 14.9 Å². The maximum atomic E-state index is 11.6. The number of rotatable bonds is 5. The van der Waals surface area contributed by atoms with Gasteiger partial charge in [0.05, 0.1) is 17.6 Å². The molecule has 23 heavy (non-hydrogen) atoms. The van der Waals surface area contributed by atoms with E-state index in [1.807, 2.05) is 0 Å². The van der Waals surface area contributed by atoms with E-state index in [0.717, 1.165) is 6.07 Å². The lowest BCUT2D eigenvalue weighted by Crippen LogP contribution is -2.23. The molecule has 118 valence electrons. The molecule has 0 saturated carbocycles. The van der Waals surface area contributed by atoms with Crippen molar-refractivity contribution >= 4 is 23.4 Å². The third kappa shape index (κ3) is 4.76. The second-order valence-electron chi connectivity index (χ2n) is 4.15. The van der Waals surface area contributed by atoms with Crippen LogP contribution in [-0.4, -0.2) is 24.0 Å². The lowest BCUT2D eigenvalue weighted by Gasteiger charge is -2.02. The van der Waals surface area contributed by atoms with Gasteiger partial charge >= 0.3 is 5.88 Å². The summed E-state index contributed by atoms with van der Waals surface area (Å²) in [4.78, 5) is 21.4. The van der Waals surface area contributed by atoms with Gasteiger partial charge in [0.2, 0.25) is 0 Å². The van der Waals surface area contributed by atoms with Gasteiger partial charge < -0.3 is 14.5 Å². The zero-order valence-corrected chi connectivity index (χ0v) is 12.5. The van der Waals surface area contributed by atoms with Crippen LogP contribution in [0.3, 0.4) is 0 Å². The number of halogens is 1. The standard InChI is InChI=1S/C15H11ClN2O5/c16-11-5-1-2-6-12(11)22-10-4-3-9-17-15(19)13-7-8-14(23-13)18(20)21/h1-2,5-8H,9-10H2,(H,17,19). The lowest BCUT2D eigenvalue weighted by molar-refractivity contribution is -0.402. The molecular weight excluding hydrogens is 324 g/mol. The Morgan fingerprint density at radius 2 is 2.09 bits per heavy atom. The van der Waals surface area contributed by atoms with Crippen LogP contribution in [0.15, 0.2) is 40.8 Å². The molecule has 0 aliphatic carbocycles. The van der Waals surface area contributed by atoms with Crippen LogP contribution in [-0.2, 0) is 0 Å². The summed E-state index contributed by atoms with van der Waals surface area (Å²) in [5.74, 6) is 4.69. The van der Waals surface area contributed by atoms with E-state index in [0.29, 0.717) is 10.8 Å². The molecule has 1 heterocycles. The summed E-state index contributed by atoms with van der Waals surface area (Å²) in [6.07, 6.45) is 0. The molecule has 2 aromatic rings. The summed E-state index contributed by atoms with van der Waals surface area (Å²) >= 11 is 5.91. The highest BCUT2D eigenvalue weighted by atomic mass is 35.5. The van der Waals surface area contributed by atoms with Crippen LogP contribution in [0.2, 0.25) is 5.02 Å². The van der Waals surface area contributed by atoms with E-state index in [1.54, 1.807) is 24.3 Å². The van der Waals surface area contributed by atoms with Gasteiger partial charge in [-0.2, -0.15) is 0 Å². The molecule has 0 spiro atoms. The maximum Gasteiger partial charge on any atom is 0.433 e. The molecule has 1 amide bonds. The fraction of sp³-hybridized carbons (Fsp3) is 0.133. The number of ether oxygens (including phenoxy) is 1. The van der Waals surface area contributed by atoms with Crippen molar-refractivity contribution in [1.82, 2.24) is 5.32 Å². The van der Waals surface area contributed by atoms with E-state index >= 15 is 0 Å². The average Bonchev–Trinajstić information content (AvgIpc) is 3.02. The minimum atomic E-state index is -0.720. The molecule has 1 N–H and O–H groups in total. The zero-order chi connectivity index (χ0) is 16.7. The smallest absolute Gasteiger partial charge is 0.433 e. The number of hydrogen-bond donors (Lipinski definition) is 1. The van der Waals surface area contributed by atoms with Gasteiger partial charge in [-0.3, -0.25) is 14.9 Å². The third-order valence-electron chi connectivity index (χ3n) is 2.59. The van der Waals surface area contributed by atoms with Crippen LogP contribution >= 0.6 is 11.6 Å². The summed E-state index contributed by atoms with van der Waals surface area (Å²) in [6.45, 7) is 0.172. The summed E-state index contributed by atoms with van der Waals surface area (Å²) in [7, 11) is 0. The molecule has 0 saturated heterocycles. The van der Waals surface area contributed by atoms with E-state index in [-0.39, 0.29) is 18.9 Å². The molecule has 0 aliphatic heterocycles. The Kier molecular flexibility index (Phi) is 5.61. The first-order valence-electron chi connectivity index (χ1n) is 6.43. The predicted octanol–water partition coefficient (Wildman–Crippen LogP) is 2.65. The number of hydrogen-bond acceptors (Lipinski definition) is 5. The molecule has 1 aromatic carbocycles. The van der Waals surface area contributed by atoms with Crippen molar-refractivity contribution in [2.45, 2.75) is 0 Å². The number of amides is 1. The molecule has 0 bridgehead atoms. The SMILES string of the molecule is O=C(NCC#CCOc1ccccc1Cl)c1ccc([N+](=O)[O-])o1. The van der Waals surface area contributed by atoms with Gasteiger partial charge in [-0.25, -0.2) is 0 Å². The Morgan fingerprint density at radius 3 is 2.78 bits per heavy atom. The number of benzene rings is 1. The second kappa shape index (κ2) is 7.87. The summed E-state index contributed by atoms with van der Waals surface area (Å²) in [5.41, 5.74) is 0. The van der Waals surface area contributed by atoms with Gasteiger partial charge in [0, 0.05) is 0 Å². The molecule has 0 unspecified atom stereocenters.